The van der Waals surface area contributed by atoms with Crippen molar-refractivity contribution in [1.29, 1.82) is 0 Å². The molecule has 0 bridgehead atoms. The molecule has 0 aromatic carbocycles. The van der Waals surface area contributed by atoms with Gasteiger partial charge in [0, 0.05) is 11.3 Å². The Hall–Kier alpha value is -1.36. The molecular formula is C13H19NO3S. The van der Waals surface area contributed by atoms with E-state index in [2.05, 4.69) is 5.32 Å². The monoisotopic (exact) mass is 269 g/mol. The van der Waals surface area contributed by atoms with Gasteiger partial charge >= 0.3 is 5.97 Å². The minimum Gasteiger partial charge on any atom is -0.466 e. The predicted molar refractivity (Wildman–Crippen MR) is 71.4 cm³/mol. The van der Waals surface area contributed by atoms with Crippen LogP contribution in [0.3, 0.4) is 0 Å². The summed E-state index contributed by atoms with van der Waals surface area (Å²) in [5.74, 6) is -0.430. The molecule has 0 aliphatic rings. The Labute approximate surface area is 111 Å². The Morgan fingerprint density at radius 1 is 1.39 bits per heavy atom. The largest absolute Gasteiger partial charge is 0.466 e. The maximum atomic E-state index is 11.7. The van der Waals surface area contributed by atoms with Crippen LogP contribution in [-0.2, 0) is 14.3 Å². The van der Waals surface area contributed by atoms with E-state index in [-0.39, 0.29) is 30.8 Å². The molecule has 18 heavy (non-hydrogen) atoms. The van der Waals surface area contributed by atoms with E-state index in [9.17, 15) is 9.59 Å². The van der Waals surface area contributed by atoms with E-state index in [0.717, 1.165) is 11.3 Å². The number of thiophene rings is 1. The van der Waals surface area contributed by atoms with Crippen LogP contribution in [0.4, 0.5) is 0 Å². The van der Waals surface area contributed by atoms with Gasteiger partial charge < -0.3 is 10.1 Å². The molecule has 0 fully saturated rings. The van der Waals surface area contributed by atoms with Crippen molar-refractivity contribution in [1.82, 2.24) is 5.32 Å². The molecule has 0 spiro atoms. The summed E-state index contributed by atoms with van der Waals surface area (Å²) in [6, 6.07) is 4.01. The third-order valence-corrected chi connectivity index (χ3v) is 3.48. The number of amides is 1. The van der Waals surface area contributed by atoms with Crippen LogP contribution in [0.1, 0.15) is 44.0 Å². The quantitative estimate of drug-likeness (QED) is 0.774. The van der Waals surface area contributed by atoms with Crippen LogP contribution >= 0.6 is 11.3 Å². The number of carbonyl (C=O) groups excluding carboxylic acids is 2. The van der Waals surface area contributed by atoms with Gasteiger partial charge in [-0.1, -0.05) is 13.0 Å². The maximum Gasteiger partial charge on any atom is 0.306 e. The summed E-state index contributed by atoms with van der Waals surface area (Å²) in [7, 11) is 0. The van der Waals surface area contributed by atoms with E-state index in [1.165, 1.54) is 0 Å². The van der Waals surface area contributed by atoms with Gasteiger partial charge in [0.25, 0.3) is 0 Å². The minimum absolute atomic E-state index is 0.0414. The Bertz CT molecular complexity index is 376. The lowest BCUT2D eigenvalue weighted by atomic mass is 10.1. The van der Waals surface area contributed by atoms with Gasteiger partial charge in [0.1, 0.15) is 0 Å². The summed E-state index contributed by atoms with van der Waals surface area (Å²) in [6.45, 7) is 4.13. The summed E-state index contributed by atoms with van der Waals surface area (Å²) >= 11 is 1.62. The second-order valence-corrected chi connectivity index (χ2v) is 4.83. The van der Waals surface area contributed by atoms with Crippen molar-refractivity contribution in [2.45, 2.75) is 39.2 Å². The predicted octanol–water partition coefficient (Wildman–Crippen LogP) is 2.66. The second-order valence-electron chi connectivity index (χ2n) is 3.85. The Morgan fingerprint density at radius 3 is 2.72 bits per heavy atom. The molecule has 1 aromatic heterocycles. The van der Waals surface area contributed by atoms with Gasteiger partial charge in [-0.25, -0.2) is 0 Å². The van der Waals surface area contributed by atoms with E-state index < -0.39 is 0 Å². The van der Waals surface area contributed by atoms with Gasteiger partial charge in [-0.05, 0) is 24.8 Å². The Kier molecular flexibility index (Phi) is 6.43. The van der Waals surface area contributed by atoms with Gasteiger partial charge in [0.05, 0.1) is 19.1 Å². The summed E-state index contributed by atoms with van der Waals surface area (Å²) in [5, 5.41) is 4.92. The van der Waals surface area contributed by atoms with Crippen molar-refractivity contribution in [2.24, 2.45) is 0 Å². The summed E-state index contributed by atoms with van der Waals surface area (Å²) < 4.78 is 4.78. The first-order valence-electron chi connectivity index (χ1n) is 6.15. The summed E-state index contributed by atoms with van der Waals surface area (Å²) in [5.41, 5.74) is 0. The van der Waals surface area contributed by atoms with Crippen molar-refractivity contribution in [3.8, 4) is 0 Å². The molecule has 1 unspecified atom stereocenters. The molecular weight excluding hydrogens is 250 g/mol. The number of rotatable bonds is 7. The van der Waals surface area contributed by atoms with E-state index in [1.807, 2.05) is 24.4 Å². The molecule has 0 aliphatic carbocycles. The number of nitrogens with one attached hydrogen (secondary N) is 1. The molecule has 1 amide bonds. The van der Waals surface area contributed by atoms with Gasteiger partial charge in [-0.3, -0.25) is 9.59 Å². The third-order valence-electron chi connectivity index (χ3n) is 2.49. The highest BCUT2D eigenvalue weighted by Crippen LogP contribution is 2.21. The number of hydrogen-bond acceptors (Lipinski definition) is 4. The highest BCUT2D eigenvalue weighted by atomic mass is 32.1. The highest BCUT2D eigenvalue weighted by molar-refractivity contribution is 7.10. The first-order chi connectivity index (χ1) is 8.67. The highest BCUT2D eigenvalue weighted by Gasteiger charge is 2.14. The molecule has 1 atom stereocenters. The van der Waals surface area contributed by atoms with E-state index in [1.54, 1.807) is 18.3 Å². The zero-order chi connectivity index (χ0) is 13.4. The van der Waals surface area contributed by atoms with Crippen LogP contribution < -0.4 is 5.32 Å². The van der Waals surface area contributed by atoms with Gasteiger partial charge in [-0.2, -0.15) is 0 Å². The van der Waals surface area contributed by atoms with Crippen molar-refractivity contribution < 1.29 is 14.3 Å². The van der Waals surface area contributed by atoms with Crippen LogP contribution in [0.2, 0.25) is 0 Å². The molecule has 5 heteroatoms. The Morgan fingerprint density at radius 2 is 2.17 bits per heavy atom. The van der Waals surface area contributed by atoms with E-state index in [0.29, 0.717) is 6.61 Å². The number of ether oxygens (including phenoxy) is 1. The van der Waals surface area contributed by atoms with Crippen LogP contribution in [-0.4, -0.2) is 18.5 Å². The third kappa shape index (κ3) is 4.87. The van der Waals surface area contributed by atoms with Gasteiger partial charge in [0.2, 0.25) is 5.91 Å². The molecule has 0 aliphatic heterocycles. The molecule has 0 saturated carbocycles. The number of hydrogen-bond donors (Lipinski definition) is 1. The fraction of sp³-hybridized carbons (Fsp3) is 0.538. The molecule has 4 nitrogen and oxygen atoms in total. The van der Waals surface area contributed by atoms with Crippen molar-refractivity contribution in [2.75, 3.05) is 6.61 Å². The molecule has 0 saturated heterocycles. The van der Waals surface area contributed by atoms with Crippen molar-refractivity contribution >= 4 is 23.2 Å². The van der Waals surface area contributed by atoms with Crippen LogP contribution in [0.25, 0.3) is 0 Å². The molecule has 1 N–H and O–H groups in total. The minimum atomic E-state index is -0.322. The molecule has 100 valence electrons. The van der Waals surface area contributed by atoms with Gasteiger partial charge in [-0.15, -0.1) is 11.3 Å². The topological polar surface area (TPSA) is 55.4 Å². The van der Waals surface area contributed by atoms with Crippen LogP contribution in [0.15, 0.2) is 17.5 Å². The first kappa shape index (κ1) is 14.7. The zero-order valence-electron chi connectivity index (χ0n) is 10.8. The molecule has 0 radical (unpaired) electrons. The average molecular weight is 269 g/mol. The lowest BCUT2D eigenvalue weighted by molar-refractivity contribution is -0.144. The summed E-state index contributed by atoms with van der Waals surface area (Å²) in [4.78, 5) is 24.0. The smallest absolute Gasteiger partial charge is 0.306 e. The Balaban J connectivity index is 2.36. The molecule has 1 rings (SSSR count). The number of esters is 1. The lowest BCUT2D eigenvalue weighted by Gasteiger charge is -2.15. The standard InChI is InChI=1S/C13H19NO3S/c1-3-10(11-6-5-9-18-11)14-12(15)7-8-13(16)17-4-2/h5-6,9-10H,3-4,7-8H2,1-2H3,(H,14,15). The first-order valence-corrected chi connectivity index (χ1v) is 7.03. The normalized spacial score (nSPS) is 11.9. The number of carbonyl (C=O) groups is 2. The fourth-order valence-corrected chi connectivity index (χ4v) is 2.44. The van der Waals surface area contributed by atoms with Crippen LogP contribution in [0, 0.1) is 0 Å². The van der Waals surface area contributed by atoms with E-state index in [4.69, 9.17) is 4.74 Å². The average Bonchev–Trinajstić information content (AvgIpc) is 2.87. The lowest BCUT2D eigenvalue weighted by Crippen LogP contribution is -2.28. The fourth-order valence-electron chi connectivity index (χ4n) is 1.58. The maximum absolute atomic E-state index is 11.7. The molecule has 1 heterocycles. The van der Waals surface area contributed by atoms with Crippen molar-refractivity contribution in [3.05, 3.63) is 22.4 Å². The summed E-state index contributed by atoms with van der Waals surface area (Å²) in [6.07, 6.45) is 1.16. The second kappa shape index (κ2) is 7.87. The van der Waals surface area contributed by atoms with E-state index >= 15 is 0 Å². The van der Waals surface area contributed by atoms with Crippen molar-refractivity contribution in [3.63, 3.8) is 0 Å². The molecule has 1 aromatic rings. The van der Waals surface area contributed by atoms with Crippen LogP contribution in [0.5, 0.6) is 0 Å². The zero-order valence-corrected chi connectivity index (χ0v) is 11.6. The van der Waals surface area contributed by atoms with Gasteiger partial charge in [0.15, 0.2) is 0 Å². The SMILES string of the molecule is CCOC(=O)CCC(=O)NC(CC)c1cccs1.